The van der Waals surface area contributed by atoms with Gasteiger partial charge < -0.3 is 14.7 Å². The van der Waals surface area contributed by atoms with E-state index >= 15 is 0 Å². The van der Waals surface area contributed by atoms with Gasteiger partial charge in [0.2, 0.25) is 0 Å². The molecule has 1 aromatic heterocycles. The number of Topliss-reactive ketones (excluding diaryl/α,β-unsaturated/α-hetero) is 1. The number of ketones is 1. The van der Waals surface area contributed by atoms with Crippen LogP contribution in [0.2, 0.25) is 0 Å². The highest BCUT2D eigenvalue weighted by Crippen LogP contribution is 2.39. The van der Waals surface area contributed by atoms with Crippen LogP contribution in [-0.2, 0) is 14.3 Å². The molecule has 6 heteroatoms. The minimum atomic E-state index is -0.753. The summed E-state index contributed by atoms with van der Waals surface area (Å²) in [7, 11) is 0. The summed E-state index contributed by atoms with van der Waals surface area (Å²) in [6.07, 6.45) is 3.27. The highest BCUT2D eigenvalue weighted by atomic mass is 16.5. The summed E-state index contributed by atoms with van der Waals surface area (Å²) in [4.78, 5) is 31.9. The number of nitrogens with zero attached hydrogens (tertiary/aromatic N) is 2. The van der Waals surface area contributed by atoms with Gasteiger partial charge in [-0.05, 0) is 41.8 Å². The summed E-state index contributed by atoms with van der Waals surface area (Å²) in [5.74, 6) is -1.51. The Morgan fingerprint density at radius 2 is 1.87 bits per heavy atom. The number of hydrogen-bond acceptors (Lipinski definition) is 5. The highest BCUT2D eigenvalue weighted by molar-refractivity contribution is 6.46. The Morgan fingerprint density at radius 3 is 2.61 bits per heavy atom. The number of hydrogen-bond donors (Lipinski definition) is 1. The Hall–Kier alpha value is -3.51. The zero-order valence-corrected chi connectivity index (χ0v) is 16.9. The van der Waals surface area contributed by atoms with Gasteiger partial charge in [-0.3, -0.25) is 14.6 Å². The lowest BCUT2D eigenvalue weighted by Crippen LogP contribution is -2.36. The van der Waals surface area contributed by atoms with E-state index in [-0.39, 0.29) is 17.4 Å². The fourth-order valence-corrected chi connectivity index (χ4v) is 4.41. The van der Waals surface area contributed by atoms with Crippen LogP contribution in [0.15, 0.2) is 72.4 Å². The highest BCUT2D eigenvalue weighted by Gasteiger charge is 2.47. The summed E-state index contributed by atoms with van der Waals surface area (Å²) >= 11 is 0. The number of fused-ring (bicyclic) bond motifs is 1. The lowest BCUT2D eigenvalue weighted by Gasteiger charge is -2.26. The van der Waals surface area contributed by atoms with Gasteiger partial charge in [-0.1, -0.05) is 42.5 Å². The Kier molecular flexibility index (Phi) is 5.00. The molecule has 0 radical (unpaired) electrons. The lowest BCUT2D eigenvalue weighted by atomic mass is 9.97. The number of aliphatic hydroxyl groups is 1. The molecule has 2 fully saturated rings. The van der Waals surface area contributed by atoms with Crippen molar-refractivity contribution >= 4 is 28.2 Å². The maximum atomic E-state index is 13.1. The molecule has 0 saturated carbocycles. The predicted molar refractivity (Wildman–Crippen MR) is 116 cm³/mol. The van der Waals surface area contributed by atoms with Crippen molar-refractivity contribution in [3.8, 4) is 0 Å². The van der Waals surface area contributed by atoms with Crippen LogP contribution in [0.5, 0.6) is 0 Å². The van der Waals surface area contributed by atoms with Gasteiger partial charge >= 0.3 is 0 Å². The molecule has 0 spiro atoms. The molecular weight excluding hydrogens is 392 g/mol. The molecule has 31 heavy (non-hydrogen) atoms. The number of pyridine rings is 1. The fourth-order valence-electron chi connectivity index (χ4n) is 4.41. The minimum Gasteiger partial charge on any atom is -0.507 e. The standard InChI is InChI=1S/C25H22N2O4/c28-23(18-11-10-16-6-1-2-7-17(16)14-18)21-22(20-9-3-4-12-26-20)27(25(30)24(21)29)15-19-8-5-13-31-19/h1-4,6-7,9-12,14,19,22,28H,5,8,13,15H2/b23-21-. The first-order valence-corrected chi connectivity index (χ1v) is 10.4. The van der Waals surface area contributed by atoms with Crippen molar-refractivity contribution in [1.29, 1.82) is 0 Å². The maximum Gasteiger partial charge on any atom is 0.295 e. The topological polar surface area (TPSA) is 79.7 Å². The van der Waals surface area contributed by atoms with Crippen LogP contribution in [0.3, 0.4) is 0 Å². The van der Waals surface area contributed by atoms with E-state index in [4.69, 9.17) is 4.74 Å². The number of rotatable bonds is 4. The normalized spacial score (nSPS) is 23.0. The van der Waals surface area contributed by atoms with Gasteiger partial charge in [0.05, 0.1) is 17.4 Å². The van der Waals surface area contributed by atoms with E-state index in [2.05, 4.69) is 4.98 Å². The third-order valence-electron chi connectivity index (χ3n) is 5.96. The van der Waals surface area contributed by atoms with Crippen molar-refractivity contribution in [3.05, 3.63) is 83.7 Å². The summed E-state index contributed by atoms with van der Waals surface area (Å²) in [6.45, 7) is 0.945. The molecule has 2 aromatic carbocycles. The van der Waals surface area contributed by atoms with Gasteiger partial charge in [0.15, 0.2) is 0 Å². The smallest absolute Gasteiger partial charge is 0.295 e. The number of amides is 1. The molecule has 2 aliphatic heterocycles. The SMILES string of the molecule is O=C1C(=O)N(CC2CCCO2)C(c2ccccn2)/C1=C(/O)c1ccc2ccccc2c1. The Balaban J connectivity index is 1.63. The third kappa shape index (κ3) is 3.49. The van der Waals surface area contributed by atoms with E-state index in [1.54, 1.807) is 24.4 Å². The van der Waals surface area contributed by atoms with E-state index in [0.717, 1.165) is 23.6 Å². The van der Waals surface area contributed by atoms with Gasteiger partial charge in [-0.25, -0.2) is 0 Å². The van der Waals surface area contributed by atoms with Crippen molar-refractivity contribution in [1.82, 2.24) is 9.88 Å². The first-order chi connectivity index (χ1) is 15.1. The molecule has 2 unspecified atom stereocenters. The fraction of sp³-hybridized carbons (Fsp3) is 0.240. The Bertz CT molecular complexity index is 1180. The molecule has 3 aromatic rings. The summed E-state index contributed by atoms with van der Waals surface area (Å²) in [5.41, 5.74) is 1.11. The number of ether oxygens (including phenoxy) is 1. The molecule has 2 atom stereocenters. The molecule has 0 bridgehead atoms. The van der Waals surface area contributed by atoms with Gasteiger partial charge in [-0.15, -0.1) is 0 Å². The second-order valence-electron chi connectivity index (χ2n) is 7.90. The predicted octanol–water partition coefficient (Wildman–Crippen LogP) is 3.84. The zero-order valence-electron chi connectivity index (χ0n) is 16.9. The van der Waals surface area contributed by atoms with Crippen LogP contribution in [-0.4, -0.2) is 45.9 Å². The summed E-state index contributed by atoms with van der Waals surface area (Å²) < 4.78 is 5.71. The molecule has 0 aliphatic carbocycles. The molecule has 1 N–H and O–H groups in total. The number of carbonyl (C=O) groups excluding carboxylic acids is 2. The third-order valence-corrected chi connectivity index (χ3v) is 5.96. The van der Waals surface area contributed by atoms with E-state index < -0.39 is 17.7 Å². The molecular formula is C25H22N2O4. The van der Waals surface area contributed by atoms with Crippen LogP contribution in [0.25, 0.3) is 16.5 Å². The quantitative estimate of drug-likeness (QED) is 0.399. The molecule has 6 nitrogen and oxygen atoms in total. The molecule has 3 heterocycles. The van der Waals surface area contributed by atoms with Crippen LogP contribution < -0.4 is 0 Å². The minimum absolute atomic E-state index is 0.0666. The molecule has 1 amide bonds. The number of aliphatic hydroxyl groups excluding tert-OH is 1. The Morgan fingerprint density at radius 1 is 1.06 bits per heavy atom. The van der Waals surface area contributed by atoms with E-state index in [0.29, 0.717) is 24.4 Å². The second kappa shape index (κ2) is 7.96. The van der Waals surface area contributed by atoms with Crippen LogP contribution in [0, 0.1) is 0 Å². The molecule has 2 saturated heterocycles. The van der Waals surface area contributed by atoms with Gasteiger partial charge in [-0.2, -0.15) is 0 Å². The largest absolute Gasteiger partial charge is 0.507 e. The van der Waals surface area contributed by atoms with Crippen molar-refractivity contribution in [2.75, 3.05) is 13.2 Å². The van der Waals surface area contributed by atoms with Crippen LogP contribution in [0.1, 0.15) is 30.1 Å². The van der Waals surface area contributed by atoms with Crippen molar-refractivity contribution in [3.63, 3.8) is 0 Å². The van der Waals surface area contributed by atoms with E-state index in [1.807, 2.05) is 42.5 Å². The van der Waals surface area contributed by atoms with Gasteiger partial charge in [0, 0.05) is 24.9 Å². The number of carbonyl (C=O) groups is 2. The van der Waals surface area contributed by atoms with Crippen molar-refractivity contribution < 1.29 is 19.4 Å². The number of aromatic nitrogens is 1. The first kappa shape index (κ1) is 19.5. The van der Waals surface area contributed by atoms with Gasteiger partial charge in [0.25, 0.3) is 11.7 Å². The lowest BCUT2D eigenvalue weighted by molar-refractivity contribution is -0.140. The van der Waals surface area contributed by atoms with E-state index in [1.165, 1.54) is 4.90 Å². The average molecular weight is 414 g/mol. The Labute approximate surface area is 179 Å². The van der Waals surface area contributed by atoms with E-state index in [9.17, 15) is 14.7 Å². The van der Waals surface area contributed by atoms with Gasteiger partial charge in [0.1, 0.15) is 11.8 Å². The van der Waals surface area contributed by atoms with Crippen LogP contribution >= 0.6 is 0 Å². The average Bonchev–Trinajstić information content (AvgIpc) is 3.41. The summed E-state index contributed by atoms with van der Waals surface area (Å²) in [5, 5.41) is 13.2. The molecule has 2 aliphatic rings. The molecule has 156 valence electrons. The maximum absolute atomic E-state index is 13.1. The number of likely N-dealkylation sites (tertiary alicyclic amines) is 1. The van der Waals surface area contributed by atoms with Crippen molar-refractivity contribution in [2.45, 2.75) is 25.0 Å². The zero-order chi connectivity index (χ0) is 21.4. The first-order valence-electron chi connectivity index (χ1n) is 10.4. The molecule has 5 rings (SSSR count). The van der Waals surface area contributed by atoms with Crippen molar-refractivity contribution in [2.24, 2.45) is 0 Å². The summed E-state index contributed by atoms with van der Waals surface area (Å²) in [6, 6.07) is 17.9. The number of benzene rings is 2. The monoisotopic (exact) mass is 414 g/mol. The van der Waals surface area contributed by atoms with Crippen LogP contribution in [0.4, 0.5) is 0 Å². The second-order valence-corrected chi connectivity index (χ2v) is 7.90.